The highest BCUT2D eigenvalue weighted by atomic mass is 35.5. The maximum absolute atomic E-state index is 12.4. The zero-order valence-corrected chi connectivity index (χ0v) is 13.8. The van der Waals surface area contributed by atoms with Crippen molar-refractivity contribution in [2.24, 2.45) is 17.6 Å². The third-order valence-corrected chi connectivity index (χ3v) is 4.26. The van der Waals surface area contributed by atoms with E-state index in [9.17, 15) is 13.6 Å². The predicted octanol–water partition coefficient (Wildman–Crippen LogP) is 3.26. The van der Waals surface area contributed by atoms with Gasteiger partial charge in [-0.25, -0.2) is 0 Å². The summed E-state index contributed by atoms with van der Waals surface area (Å²) in [5.41, 5.74) is 6.24. The Hall–Kier alpha value is -1.40. The van der Waals surface area contributed by atoms with Gasteiger partial charge in [-0.3, -0.25) is 4.79 Å². The number of nitrogens with one attached hydrogen (secondary N) is 1. The third kappa shape index (κ3) is 5.04. The molecule has 7 heteroatoms. The Morgan fingerprint density at radius 2 is 2.09 bits per heavy atom. The standard InChI is InChI=1S/C16H22F2N2O2.ClH/c1-10(12-6-2-3-8-14(12)22-16(17)18)20-15(21)13-7-4-5-11(13)9-19;/h2-3,6,8,10-11,13,16H,4-5,7,9,19H2,1H3,(H,20,21);1H/t10?,11-,13-;/m1./s1. The fraction of sp³-hybridized carbons (Fsp3) is 0.562. The largest absolute Gasteiger partial charge is 0.434 e. The van der Waals surface area contributed by atoms with Crippen LogP contribution in [0, 0.1) is 11.8 Å². The average Bonchev–Trinajstić information content (AvgIpc) is 2.95. The van der Waals surface area contributed by atoms with E-state index in [0.717, 1.165) is 19.3 Å². The van der Waals surface area contributed by atoms with Gasteiger partial charge in [0, 0.05) is 11.5 Å². The number of rotatable bonds is 6. The van der Waals surface area contributed by atoms with Crippen LogP contribution in [0.25, 0.3) is 0 Å². The van der Waals surface area contributed by atoms with E-state index in [1.807, 2.05) is 0 Å². The molecule has 1 saturated carbocycles. The van der Waals surface area contributed by atoms with Crippen molar-refractivity contribution < 1.29 is 18.3 Å². The van der Waals surface area contributed by atoms with Crippen LogP contribution in [-0.4, -0.2) is 19.1 Å². The van der Waals surface area contributed by atoms with Crippen LogP contribution >= 0.6 is 12.4 Å². The van der Waals surface area contributed by atoms with Crippen LogP contribution < -0.4 is 15.8 Å². The number of para-hydroxylation sites is 1. The molecule has 0 spiro atoms. The lowest BCUT2D eigenvalue weighted by atomic mass is 9.94. The molecule has 1 aliphatic rings. The van der Waals surface area contributed by atoms with Crippen LogP contribution in [0.15, 0.2) is 24.3 Å². The number of ether oxygens (including phenoxy) is 1. The minimum Gasteiger partial charge on any atom is -0.434 e. The summed E-state index contributed by atoms with van der Waals surface area (Å²) in [6, 6.07) is 6.10. The summed E-state index contributed by atoms with van der Waals surface area (Å²) in [6.07, 6.45) is 2.79. The molecule has 0 saturated heterocycles. The van der Waals surface area contributed by atoms with Crippen LogP contribution in [0.1, 0.15) is 37.8 Å². The quantitative estimate of drug-likeness (QED) is 0.829. The van der Waals surface area contributed by atoms with Crippen molar-refractivity contribution in [1.29, 1.82) is 0 Å². The molecule has 0 aromatic heterocycles. The highest BCUT2D eigenvalue weighted by Crippen LogP contribution is 2.32. The molecule has 23 heavy (non-hydrogen) atoms. The van der Waals surface area contributed by atoms with Gasteiger partial charge in [0.2, 0.25) is 5.91 Å². The number of benzene rings is 1. The Kier molecular flexibility index (Phi) is 7.72. The van der Waals surface area contributed by atoms with Gasteiger partial charge >= 0.3 is 6.61 Å². The Labute approximate surface area is 141 Å². The van der Waals surface area contributed by atoms with Gasteiger partial charge < -0.3 is 15.8 Å². The maximum Gasteiger partial charge on any atom is 0.387 e. The molecule has 4 nitrogen and oxygen atoms in total. The van der Waals surface area contributed by atoms with Gasteiger partial charge in [-0.2, -0.15) is 8.78 Å². The summed E-state index contributed by atoms with van der Waals surface area (Å²) in [7, 11) is 0. The van der Waals surface area contributed by atoms with Crippen molar-refractivity contribution in [1.82, 2.24) is 5.32 Å². The molecule has 1 amide bonds. The predicted molar refractivity (Wildman–Crippen MR) is 86.8 cm³/mol. The molecule has 0 bridgehead atoms. The molecule has 1 aromatic rings. The third-order valence-electron chi connectivity index (χ3n) is 4.26. The molecule has 0 radical (unpaired) electrons. The SMILES string of the molecule is CC(NC(=O)[C@@H]1CCC[C@@H]1CN)c1ccccc1OC(F)F.Cl. The molecule has 0 heterocycles. The van der Waals surface area contributed by atoms with E-state index >= 15 is 0 Å². The number of hydrogen-bond acceptors (Lipinski definition) is 3. The first-order valence-corrected chi connectivity index (χ1v) is 7.57. The summed E-state index contributed by atoms with van der Waals surface area (Å²) in [5.74, 6) is 0.148. The number of carbonyl (C=O) groups excluding carboxylic acids is 1. The minimum atomic E-state index is -2.89. The van der Waals surface area contributed by atoms with E-state index in [4.69, 9.17) is 5.73 Å². The summed E-state index contributed by atoms with van der Waals surface area (Å²) in [5, 5.41) is 2.90. The molecule has 0 aliphatic heterocycles. The first kappa shape index (κ1) is 19.6. The minimum absolute atomic E-state index is 0. The fourth-order valence-corrected chi connectivity index (χ4v) is 3.10. The summed E-state index contributed by atoms with van der Waals surface area (Å²) in [6.45, 7) is -0.629. The second-order valence-electron chi connectivity index (χ2n) is 5.68. The summed E-state index contributed by atoms with van der Waals surface area (Å²) in [4.78, 5) is 12.4. The Balaban J connectivity index is 0.00000264. The van der Waals surface area contributed by atoms with Crippen molar-refractivity contribution in [3.05, 3.63) is 29.8 Å². The number of carbonyl (C=O) groups is 1. The Morgan fingerprint density at radius 1 is 1.39 bits per heavy atom. The zero-order chi connectivity index (χ0) is 16.1. The van der Waals surface area contributed by atoms with Crippen molar-refractivity contribution in [3.63, 3.8) is 0 Å². The normalized spacial score (nSPS) is 21.6. The van der Waals surface area contributed by atoms with E-state index in [1.54, 1.807) is 25.1 Å². The van der Waals surface area contributed by atoms with Crippen molar-refractivity contribution in [2.45, 2.75) is 38.8 Å². The van der Waals surface area contributed by atoms with Crippen molar-refractivity contribution in [3.8, 4) is 5.75 Å². The smallest absolute Gasteiger partial charge is 0.387 e. The first-order valence-electron chi connectivity index (χ1n) is 7.57. The highest BCUT2D eigenvalue weighted by molar-refractivity contribution is 5.85. The van der Waals surface area contributed by atoms with Crippen LogP contribution in [0.5, 0.6) is 5.75 Å². The molecule has 130 valence electrons. The second-order valence-corrected chi connectivity index (χ2v) is 5.68. The van der Waals surface area contributed by atoms with E-state index < -0.39 is 12.7 Å². The lowest BCUT2D eigenvalue weighted by Crippen LogP contribution is -2.36. The summed E-state index contributed by atoms with van der Waals surface area (Å²) >= 11 is 0. The zero-order valence-electron chi connectivity index (χ0n) is 13.0. The van der Waals surface area contributed by atoms with Gasteiger partial charge in [0.15, 0.2) is 0 Å². The maximum atomic E-state index is 12.4. The van der Waals surface area contributed by atoms with E-state index in [-0.39, 0.29) is 35.9 Å². The molecule has 1 aromatic carbocycles. The number of nitrogens with two attached hydrogens (primary N) is 1. The van der Waals surface area contributed by atoms with Crippen molar-refractivity contribution >= 4 is 18.3 Å². The lowest BCUT2D eigenvalue weighted by molar-refractivity contribution is -0.126. The van der Waals surface area contributed by atoms with Gasteiger partial charge in [-0.1, -0.05) is 24.6 Å². The monoisotopic (exact) mass is 348 g/mol. The van der Waals surface area contributed by atoms with E-state index in [2.05, 4.69) is 10.1 Å². The molecule has 2 rings (SSSR count). The topological polar surface area (TPSA) is 64.4 Å². The van der Waals surface area contributed by atoms with Crippen LogP contribution in [0.4, 0.5) is 8.78 Å². The van der Waals surface area contributed by atoms with Gasteiger partial charge in [-0.05, 0) is 38.3 Å². The number of amides is 1. The Morgan fingerprint density at radius 3 is 2.74 bits per heavy atom. The fourth-order valence-electron chi connectivity index (χ4n) is 3.10. The van der Waals surface area contributed by atoms with E-state index in [1.165, 1.54) is 6.07 Å². The molecule has 3 N–H and O–H groups in total. The molecule has 1 aliphatic carbocycles. The number of alkyl halides is 2. The van der Waals surface area contributed by atoms with Gasteiger partial charge in [0.05, 0.1) is 6.04 Å². The van der Waals surface area contributed by atoms with Crippen LogP contribution in [0.3, 0.4) is 0 Å². The van der Waals surface area contributed by atoms with Crippen LogP contribution in [-0.2, 0) is 4.79 Å². The molecule has 1 fully saturated rings. The van der Waals surface area contributed by atoms with Gasteiger partial charge in [0.1, 0.15) is 5.75 Å². The first-order chi connectivity index (χ1) is 10.5. The number of hydrogen-bond donors (Lipinski definition) is 2. The molecule has 1 unspecified atom stereocenters. The lowest BCUT2D eigenvalue weighted by Gasteiger charge is -2.22. The number of halogens is 3. The van der Waals surface area contributed by atoms with Crippen molar-refractivity contribution in [2.75, 3.05) is 6.54 Å². The summed E-state index contributed by atoms with van der Waals surface area (Å²) < 4.78 is 29.4. The molecular weight excluding hydrogens is 326 g/mol. The van der Waals surface area contributed by atoms with E-state index in [0.29, 0.717) is 12.1 Å². The van der Waals surface area contributed by atoms with Crippen LogP contribution in [0.2, 0.25) is 0 Å². The average molecular weight is 349 g/mol. The van der Waals surface area contributed by atoms with Gasteiger partial charge in [-0.15, -0.1) is 12.4 Å². The molecular formula is C16H23ClF2N2O2. The highest BCUT2D eigenvalue weighted by Gasteiger charge is 2.32. The Bertz CT molecular complexity index is 517. The molecule has 3 atom stereocenters. The van der Waals surface area contributed by atoms with Gasteiger partial charge in [0.25, 0.3) is 0 Å². The second kappa shape index (κ2) is 9.03.